The van der Waals surface area contributed by atoms with Gasteiger partial charge in [0.25, 0.3) is 0 Å². The molecule has 2 aromatic carbocycles. The Kier molecular flexibility index (Phi) is 12.2. The number of hydrogen-bond donors (Lipinski definition) is 4. The molecule has 1 heterocycles. The van der Waals surface area contributed by atoms with Gasteiger partial charge >= 0.3 is 18.1 Å². The molecule has 0 bridgehead atoms. The van der Waals surface area contributed by atoms with E-state index in [2.05, 4.69) is 24.5 Å². The fourth-order valence-corrected chi connectivity index (χ4v) is 6.85. The summed E-state index contributed by atoms with van der Waals surface area (Å²) in [6.45, 7) is 4.77. The van der Waals surface area contributed by atoms with Crippen LogP contribution in [0, 0.1) is 0 Å². The molecule has 9 nitrogen and oxygen atoms in total. The third-order valence-electron chi connectivity index (χ3n) is 6.87. The van der Waals surface area contributed by atoms with Gasteiger partial charge in [-0.05, 0) is 36.1 Å². The van der Waals surface area contributed by atoms with E-state index in [9.17, 15) is 26.4 Å². The van der Waals surface area contributed by atoms with Gasteiger partial charge in [0.15, 0.2) is 9.84 Å². The normalized spacial score (nSPS) is 19.7. The van der Waals surface area contributed by atoms with Gasteiger partial charge in [0.1, 0.15) is 5.75 Å². The Labute approximate surface area is 238 Å². The van der Waals surface area contributed by atoms with Gasteiger partial charge in [-0.3, -0.25) is 10.1 Å². The largest absolute Gasteiger partial charge is 0.496 e. The molecule has 0 aliphatic carbocycles. The van der Waals surface area contributed by atoms with Crippen LogP contribution in [-0.2, 0) is 26.0 Å². The monoisotopic (exact) mass is 602 g/mol. The molecule has 0 amide bonds. The maximum absolute atomic E-state index is 13.8. The van der Waals surface area contributed by atoms with Crippen LogP contribution >= 0.6 is 0 Å². The van der Waals surface area contributed by atoms with Crippen LogP contribution in [0.3, 0.4) is 0 Å². The molecule has 0 radical (unpaired) electrons. The number of carbonyl (C=O) groups is 2. The molecule has 0 fully saturated rings. The number of nitrogens with one attached hydrogen (secondary N) is 2. The third kappa shape index (κ3) is 9.44. The summed E-state index contributed by atoms with van der Waals surface area (Å²) in [5.41, 5.74) is 1.84. The van der Waals surface area contributed by atoms with Gasteiger partial charge in [0.2, 0.25) is 0 Å². The molecule has 0 aromatic heterocycles. The van der Waals surface area contributed by atoms with Gasteiger partial charge in [-0.1, -0.05) is 57.0 Å². The third-order valence-corrected chi connectivity index (χ3v) is 8.82. The molecule has 0 unspecified atom stereocenters. The number of aliphatic carboxylic acids is 2. The smallest absolute Gasteiger partial charge is 0.490 e. The number of carboxylic acids is 2. The molecule has 0 saturated heterocycles. The fraction of sp³-hybridized carbons (Fsp3) is 0.500. The van der Waals surface area contributed by atoms with Crippen LogP contribution in [0.1, 0.15) is 68.7 Å². The number of ether oxygens (including phenoxy) is 1. The van der Waals surface area contributed by atoms with E-state index in [1.165, 1.54) is 0 Å². The van der Waals surface area contributed by atoms with E-state index in [1.54, 1.807) is 13.2 Å². The SMILES string of the molecule is CCCC[C@]1(CC)CS(=O)(=O)c2cc(CNCCC(=O)O)c(OC)cc2[C@@H](c2ccccc2)N1.O=C(O)C(F)(F)F. The lowest BCUT2D eigenvalue weighted by molar-refractivity contribution is -0.192. The zero-order valence-corrected chi connectivity index (χ0v) is 24.1. The second kappa shape index (κ2) is 14.6. The van der Waals surface area contributed by atoms with E-state index in [1.807, 2.05) is 36.4 Å². The summed E-state index contributed by atoms with van der Waals surface area (Å²) in [7, 11) is -2.04. The number of carboxylic acid groups (broad SMARTS) is 2. The quantitative estimate of drug-likeness (QED) is 0.269. The topological polar surface area (TPSA) is 142 Å². The second-order valence-electron chi connectivity index (χ2n) is 9.81. The number of unbranched alkanes of at least 4 members (excludes halogenated alkanes) is 1. The Balaban J connectivity index is 0.000000745. The highest BCUT2D eigenvalue weighted by Gasteiger charge is 2.42. The Morgan fingerprint density at radius 1 is 1.15 bits per heavy atom. The summed E-state index contributed by atoms with van der Waals surface area (Å²) < 4.78 is 65.0. The van der Waals surface area contributed by atoms with E-state index < -0.39 is 33.5 Å². The lowest BCUT2D eigenvalue weighted by Crippen LogP contribution is -2.50. The van der Waals surface area contributed by atoms with Crippen LogP contribution < -0.4 is 15.4 Å². The highest BCUT2D eigenvalue weighted by molar-refractivity contribution is 7.91. The van der Waals surface area contributed by atoms with E-state index in [0.29, 0.717) is 34.7 Å². The molecule has 41 heavy (non-hydrogen) atoms. The summed E-state index contributed by atoms with van der Waals surface area (Å²) in [5, 5.41) is 22.9. The highest BCUT2D eigenvalue weighted by atomic mass is 32.2. The standard InChI is InChI=1S/C26H36N2O5S.C2HF3O2/c1-4-6-13-26(5-2)18-34(31,32)23-15-20(17-27-14-12-24(29)30)22(33-3)16-21(23)25(28-26)19-10-8-7-9-11-19;3-2(4,5)1(6)7/h7-11,15-16,25,27-28H,4-6,12-14,17-18H2,1-3H3,(H,29,30);(H,6,7)/t25-,26-;/m1./s1. The molecule has 3 rings (SSSR count). The number of hydrogen-bond acceptors (Lipinski definition) is 7. The molecule has 0 spiro atoms. The van der Waals surface area contributed by atoms with Gasteiger partial charge < -0.3 is 20.3 Å². The first kappa shape index (κ1) is 34.0. The molecule has 228 valence electrons. The predicted octanol–water partition coefficient (Wildman–Crippen LogP) is 4.70. The minimum absolute atomic E-state index is 0.0119. The Bertz CT molecular complexity index is 1290. The van der Waals surface area contributed by atoms with Crippen molar-refractivity contribution in [2.24, 2.45) is 0 Å². The van der Waals surface area contributed by atoms with Crippen LogP contribution in [0.2, 0.25) is 0 Å². The molecule has 4 N–H and O–H groups in total. The van der Waals surface area contributed by atoms with Crippen LogP contribution in [0.15, 0.2) is 47.4 Å². The lowest BCUT2D eigenvalue weighted by atomic mass is 9.88. The number of fused-ring (bicyclic) bond motifs is 1. The number of benzene rings is 2. The molecular formula is C28H37F3N2O7S. The summed E-state index contributed by atoms with van der Waals surface area (Å²) in [6.07, 6.45) is -1.69. The zero-order valence-electron chi connectivity index (χ0n) is 23.3. The molecule has 1 aliphatic rings. The molecule has 2 aromatic rings. The van der Waals surface area contributed by atoms with Crippen molar-refractivity contribution in [3.05, 3.63) is 59.2 Å². The maximum atomic E-state index is 13.8. The van der Waals surface area contributed by atoms with Crippen molar-refractivity contribution in [2.75, 3.05) is 19.4 Å². The summed E-state index contributed by atoms with van der Waals surface area (Å²) in [4.78, 5) is 20.0. The second-order valence-corrected chi connectivity index (χ2v) is 11.8. The first-order valence-electron chi connectivity index (χ1n) is 13.2. The molecule has 1 aliphatic heterocycles. The van der Waals surface area contributed by atoms with E-state index in [0.717, 1.165) is 24.8 Å². The summed E-state index contributed by atoms with van der Waals surface area (Å²) in [6, 6.07) is 13.2. The van der Waals surface area contributed by atoms with Crippen molar-refractivity contribution >= 4 is 21.8 Å². The summed E-state index contributed by atoms with van der Waals surface area (Å²) in [5.74, 6) is -3.03. The lowest BCUT2D eigenvalue weighted by Gasteiger charge is -2.36. The minimum atomic E-state index is -5.08. The molecule has 13 heteroatoms. The Hall–Kier alpha value is -3.16. The maximum Gasteiger partial charge on any atom is 0.490 e. The number of alkyl halides is 3. The number of methoxy groups -OCH3 is 1. The number of rotatable bonds is 11. The van der Waals surface area contributed by atoms with Gasteiger partial charge in [-0.25, -0.2) is 13.2 Å². The van der Waals surface area contributed by atoms with Crippen LogP contribution in [0.5, 0.6) is 5.75 Å². The van der Waals surface area contributed by atoms with E-state index in [4.69, 9.17) is 19.7 Å². The van der Waals surface area contributed by atoms with E-state index in [-0.39, 0.29) is 24.8 Å². The van der Waals surface area contributed by atoms with Gasteiger partial charge in [0.05, 0.1) is 30.2 Å². The van der Waals surface area contributed by atoms with Crippen LogP contribution in [0.25, 0.3) is 0 Å². The Morgan fingerprint density at radius 3 is 2.29 bits per heavy atom. The molecular weight excluding hydrogens is 565 g/mol. The van der Waals surface area contributed by atoms with Crippen molar-refractivity contribution in [3.63, 3.8) is 0 Å². The van der Waals surface area contributed by atoms with Crippen LogP contribution in [0.4, 0.5) is 13.2 Å². The average molecular weight is 603 g/mol. The Morgan fingerprint density at radius 2 is 1.78 bits per heavy atom. The first-order chi connectivity index (χ1) is 19.2. The molecule has 2 atom stereocenters. The van der Waals surface area contributed by atoms with Crippen molar-refractivity contribution in [3.8, 4) is 5.75 Å². The average Bonchev–Trinajstić information content (AvgIpc) is 3.01. The van der Waals surface area contributed by atoms with Crippen molar-refractivity contribution in [1.82, 2.24) is 10.6 Å². The van der Waals surface area contributed by atoms with E-state index >= 15 is 0 Å². The zero-order chi connectivity index (χ0) is 30.8. The summed E-state index contributed by atoms with van der Waals surface area (Å²) >= 11 is 0. The first-order valence-corrected chi connectivity index (χ1v) is 14.8. The number of sulfone groups is 1. The number of halogens is 3. The molecule has 0 saturated carbocycles. The minimum Gasteiger partial charge on any atom is -0.496 e. The van der Waals surface area contributed by atoms with Crippen molar-refractivity contribution in [2.45, 2.75) is 75.1 Å². The van der Waals surface area contributed by atoms with Gasteiger partial charge in [-0.15, -0.1) is 0 Å². The fourth-order valence-electron chi connectivity index (χ4n) is 4.68. The predicted molar refractivity (Wildman–Crippen MR) is 147 cm³/mol. The van der Waals surface area contributed by atoms with Gasteiger partial charge in [-0.2, -0.15) is 13.2 Å². The van der Waals surface area contributed by atoms with Crippen molar-refractivity contribution in [1.29, 1.82) is 0 Å². The highest BCUT2D eigenvalue weighted by Crippen LogP contribution is 2.40. The van der Waals surface area contributed by atoms with Gasteiger partial charge in [0, 0.05) is 24.2 Å². The van der Waals surface area contributed by atoms with Crippen LogP contribution in [-0.4, -0.2) is 61.7 Å². The van der Waals surface area contributed by atoms with Crippen molar-refractivity contribution < 1.29 is 46.1 Å².